The van der Waals surface area contributed by atoms with E-state index in [1.807, 2.05) is 71.6 Å². The van der Waals surface area contributed by atoms with Crippen molar-refractivity contribution in [2.75, 3.05) is 37.2 Å². The van der Waals surface area contributed by atoms with Gasteiger partial charge in [0.15, 0.2) is 11.5 Å². The highest BCUT2D eigenvalue weighted by atomic mass is 16.7. The van der Waals surface area contributed by atoms with Crippen molar-refractivity contribution in [3.05, 3.63) is 77.9 Å². The highest BCUT2D eigenvalue weighted by Gasteiger charge is 2.27. The van der Waals surface area contributed by atoms with Crippen LogP contribution < -0.4 is 24.4 Å². The van der Waals surface area contributed by atoms with E-state index < -0.39 is 0 Å². The Hall–Kier alpha value is -4.20. The minimum atomic E-state index is -0.116. The maximum Gasteiger partial charge on any atom is 0.324 e. The zero-order chi connectivity index (χ0) is 24.2. The quantitative estimate of drug-likeness (QED) is 0.549. The lowest BCUT2D eigenvalue weighted by Crippen LogP contribution is -2.49. The van der Waals surface area contributed by atoms with Crippen molar-refractivity contribution in [3.63, 3.8) is 0 Å². The van der Waals surface area contributed by atoms with Crippen LogP contribution in [0, 0.1) is 0 Å². The number of urea groups is 1. The van der Waals surface area contributed by atoms with E-state index >= 15 is 0 Å². The monoisotopic (exact) mass is 473 g/mol. The number of amides is 3. The predicted octanol–water partition coefficient (Wildman–Crippen LogP) is 4.44. The topological polar surface area (TPSA) is 80.3 Å². The van der Waals surface area contributed by atoms with Crippen LogP contribution in [0.1, 0.15) is 17.5 Å². The number of hydrogen-bond donors (Lipinski definition) is 1. The maximum atomic E-state index is 13.2. The lowest BCUT2D eigenvalue weighted by atomic mass is 10.1. The minimum Gasteiger partial charge on any atom is -0.497 e. The summed E-state index contributed by atoms with van der Waals surface area (Å²) >= 11 is 0. The summed E-state index contributed by atoms with van der Waals surface area (Å²) in [5, 5.41) is 2.92. The molecule has 1 N–H and O–H groups in total. The normalized spacial score (nSPS) is 14.7. The van der Waals surface area contributed by atoms with E-state index in [1.54, 1.807) is 12.0 Å². The molecule has 3 aromatic carbocycles. The van der Waals surface area contributed by atoms with Crippen LogP contribution in [-0.4, -0.2) is 43.8 Å². The number of rotatable bonds is 7. The van der Waals surface area contributed by atoms with Gasteiger partial charge < -0.3 is 24.4 Å². The van der Waals surface area contributed by atoms with Gasteiger partial charge in [0.25, 0.3) is 0 Å². The van der Waals surface area contributed by atoms with Crippen LogP contribution in [-0.2, 0) is 17.8 Å². The Bertz CT molecular complexity index is 1230. The molecule has 35 heavy (non-hydrogen) atoms. The van der Waals surface area contributed by atoms with Crippen LogP contribution in [0.25, 0.3) is 0 Å². The van der Waals surface area contributed by atoms with Gasteiger partial charge in [-0.3, -0.25) is 9.69 Å². The number of fused-ring (bicyclic) bond motifs is 1. The summed E-state index contributed by atoms with van der Waals surface area (Å²) in [5.41, 5.74) is 3.36. The van der Waals surface area contributed by atoms with Crippen LogP contribution in [0.5, 0.6) is 17.2 Å². The second-order valence-electron chi connectivity index (χ2n) is 8.52. The fraction of sp³-hybridized carbons (Fsp3) is 0.259. The summed E-state index contributed by atoms with van der Waals surface area (Å²) in [6.07, 6.45) is 1.12. The summed E-state index contributed by atoms with van der Waals surface area (Å²) in [6, 6.07) is 20.6. The largest absolute Gasteiger partial charge is 0.497 e. The molecule has 0 aliphatic carbocycles. The van der Waals surface area contributed by atoms with Crippen molar-refractivity contribution in [3.8, 4) is 17.2 Å². The number of carbonyl (C=O) groups excluding carboxylic acids is 2. The molecule has 0 bridgehead atoms. The third-order valence-electron chi connectivity index (χ3n) is 6.08. The van der Waals surface area contributed by atoms with Gasteiger partial charge >= 0.3 is 6.03 Å². The molecule has 8 heteroatoms. The molecule has 3 amide bonds. The van der Waals surface area contributed by atoms with E-state index in [0.29, 0.717) is 31.1 Å². The Morgan fingerprint density at radius 2 is 1.80 bits per heavy atom. The zero-order valence-electron chi connectivity index (χ0n) is 19.5. The van der Waals surface area contributed by atoms with E-state index in [1.165, 1.54) is 0 Å². The molecule has 2 heterocycles. The lowest BCUT2D eigenvalue weighted by Gasteiger charge is -2.35. The fourth-order valence-corrected chi connectivity index (χ4v) is 4.33. The molecule has 2 aliphatic heterocycles. The van der Waals surface area contributed by atoms with E-state index in [2.05, 4.69) is 5.32 Å². The fourth-order valence-electron chi connectivity index (χ4n) is 4.33. The van der Waals surface area contributed by atoms with Crippen LogP contribution in [0.15, 0.2) is 66.7 Å². The molecule has 0 aromatic heterocycles. The molecule has 5 rings (SSSR count). The zero-order valence-corrected chi connectivity index (χ0v) is 19.5. The molecule has 2 aliphatic rings. The number of nitrogens with one attached hydrogen (secondary N) is 1. The second-order valence-corrected chi connectivity index (χ2v) is 8.52. The maximum absolute atomic E-state index is 13.2. The molecule has 8 nitrogen and oxygen atoms in total. The molecule has 0 unspecified atom stereocenters. The Labute approximate surface area is 204 Å². The van der Waals surface area contributed by atoms with Crippen molar-refractivity contribution < 1.29 is 23.8 Å². The summed E-state index contributed by atoms with van der Waals surface area (Å²) in [7, 11) is 1.60. The Morgan fingerprint density at radius 1 is 0.971 bits per heavy atom. The van der Waals surface area contributed by atoms with Gasteiger partial charge in [0.1, 0.15) is 5.75 Å². The lowest BCUT2D eigenvalue weighted by molar-refractivity contribution is -0.115. The first-order chi connectivity index (χ1) is 17.1. The summed E-state index contributed by atoms with van der Waals surface area (Å²) in [4.78, 5) is 29.3. The van der Waals surface area contributed by atoms with E-state index in [9.17, 15) is 9.59 Å². The number of anilines is 2. The molecule has 1 fully saturated rings. The molecule has 0 spiro atoms. The molecular weight excluding hydrogens is 446 g/mol. The Balaban J connectivity index is 1.20. The number of benzene rings is 3. The first-order valence-electron chi connectivity index (χ1n) is 11.6. The van der Waals surface area contributed by atoms with Gasteiger partial charge in [0.2, 0.25) is 12.7 Å². The standard InChI is InChI=1S/C27H27N3O5/c1-33-23-5-2-4-19(14-23)16-26(31)28-21-7-9-22(10-8-21)30-13-3-12-29(27(30)32)17-20-6-11-24-25(15-20)35-18-34-24/h2,4-11,14-15H,3,12-13,16-18H2,1H3,(H,28,31). The minimum absolute atomic E-state index is 0.0382. The van der Waals surface area contributed by atoms with Gasteiger partial charge in [-0.05, 0) is 66.1 Å². The molecule has 1 saturated heterocycles. The first-order valence-corrected chi connectivity index (χ1v) is 11.6. The first kappa shape index (κ1) is 22.6. The number of hydrogen-bond acceptors (Lipinski definition) is 5. The molecule has 0 radical (unpaired) electrons. The third-order valence-corrected chi connectivity index (χ3v) is 6.08. The van der Waals surface area contributed by atoms with E-state index in [0.717, 1.165) is 34.7 Å². The average Bonchev–Trinajstić information content (AvgIpc) is 3.34. The van der Waals surface area contributed by atoms with Crippen LogP contribution in [0.2, 0.25) is 0 Å². The van der Waals surface area contributed by atoms with Gasteiger partial charge in [-0.25, -0.2) is 4.79 Å². The summed E-state index contributed by atoms with van der Waals surface area (Å²) in [5.74, 6) is 2.05. The molecule has 180 valence electrons. The number of ether oxygens (including phenoxy) is 3. The van der Waals surface area contributed by atoms with Gasteiger partial charge in [0.05, 0.1) is 13.5 Å². The van der Waals surface area contributed by atoms with E-state index in [4.69, 9.17) is 14.2 Å². The SMILES string of the molecule is COc1cccc(CC(=O)Nc2ccc(N3CCCN(Cc4ccc5c(c4)OCO5)C3=O)cc2)c1. The summed E-state index contributed by atoms with van der Waals surface area (Å²) < 4.78 is 16.0. The van der Waals surface area contributed by atoms with Gasteiger partial charge in [-0.15, -0.1) is 0 Å². The Morgan fingerprint density at radius 3 is 2.63 bits per heavy atom. The predicted molar refractivity (Wildman–Crippen MR) is 132 cm³/mol. The Kier molecular flexibility index (Phi) is 6.43. The average molecular weight is 474 g/mol. The van der Waals surface area contributed by atoms with Gasteiger partial charge in [0, 0.05) is 31.0 Å². The molecular formula is C27H27N3O5. The highest BCUT2D eigenvalue weighted by Crippen LogP contribution is 2.33. The van der Waals surface area contributed by atoms with Crippen molar-refractivity contribution in [2.45, 2.75) is 19.4 Å². The van der Waals surface area contributed by atoms with Crippen molar-refractivity contribution >= 4 is 23.3 Å². The number of carbonyl (C=O) groups is 2. The third kappa shape index (κ3) is 5.16. The van der Waals surface area contributed by atoms with E-state index in [-0.39, 0.29) is 25.2 Å². The van der Waals surface area contributed by atoms with Crippen molar-refractivity contribution in [1.82, 2.24) is 4.90 Å². The molecule has 3 aromatic rings. The number of methoxy groups -OCH3 is 1. The van der Waals surface area contributed by atoms with Crippen LogP contribution in [0.3, 0.4) is 0 Å². The molecule has 0 atom stereocenters. The highest BCUT2D eigenvalue weighted by molar-refractivity contribution is 5.94. The second kappa shape index (κ2) is 9.97. The summed E-state index contributed by atoms with van der Waals surface area (Å²) in [6.45, 7) is 2.08. The smallest absolute Gasteiger partial charge is 0.324 e. The van der Waals surface area contributed by atoms with Gasteiger partial charge in [-0.1, -0.05) is 18.2 Å². The van der Waals surface area contributed by atoms with Crippen molar-refractivity contribution in [1.29, 1.82) is 0 Å². The molecule has 0 saturated carbocycles. The van der Waals surface area contributed by atoms with Crippen LogP contribution >= 0.6 is 0 Å². The van der Waals surface area contributed by atoms with Crippen molar-refractivity contribution in [2.24, 2.45) is 0 Å². The number of nitrogens with zero attached hydrogens (tertiary/aromatic N) is 2. The van der Waals surface area contributed by atoms with Gasteiger partial charge in [-0.2, -0.15) is 0 Å². The van der Waals surface area contributed by atoms with Crippen LogP contribution in [0.4, 0.5) is 16.2 Å².